The summed E-state index contributed by atoms with van der Waals surface area (Å²) in [5, 5.41) is 3.07. The molecule has 2 aliphatic heterocycles. The number of Topliss-reactive ketones (excluding diaryl/α,β-unsaturated/α-hetero) is 1. The molecule has 4 rings (SSSR count). The Hall–Kier alpha value is -4.38. The first kappa shape index (κ1) is 31.6. The average Bonchev–Trinajstić information content (AvgIpc) is 3.32. The monoisotopic (exact) mass is 590 g/mol. The number of hydroxylamine groups is 2. The Morgan fingerprint density at radius 1 is 1.07 bits per heavy atom. The van der Waals surface area contributed by atoms with Crippen LogP contribution in [0.25, 0.3) is 0 Å². The number of carbonyl (C=O) groups excluding carboxylic acids is 6. The van der Waals surface area contributed by atoms with Crippen LogP contribution in [-0.4, -0.2) is 57.4 Å². The van der Waals surface area contributed by atoms with Crippen LogP contribution >= 0.6 is 0 Å². The summed E-state index contributed by atoms with van der Waals surface area (Å²) in [6.45, 7) is 9.81. The summed E-state index contributed by atoms with van der Waals surface area (Å²) >= 11 is 0. The van der Waals surface area contributed by atoms with E-state index in [0.717, 1.165) is 5.56 Å². The van der Waals surface area contributed by atoms with Gasteiger partial charge in [0.2, 0.25) is 5.78 Å². The molecule has 11 nitrogen and oxygen atoms in total. The Morgan fingerprint density at radius 2 is 1.74 bits per heavy atom. The van der Waals surface area contributed by atoms with Gasteiger partial charge in [0.05, 0.1) is 0 Å². The van der Waals surface area contributed by atoms with E-state index in [1.54, 1.807) is 37.3 Å². The summed E-state index contributed by atoms with van der Waals surface area (Å²) in [5.41, 5.74) is 8.69. The predicted molar refractivity (Wildman–Crippen MR) is 156 cm³/mol. The zero-order valence-electron chi connectivity index (χ0n) is 25.1. The number of nitrogens with two attached hydrogens (primary N) is 1. The number of imide groups is 1. The van der Waals surface area contributed by atoms with Crippen molar-refractivity contribution in [3.8, 4) is 0 Å². The molecule has 11 heteroatoms. The molecule has 3 unspecified atom stereocenters. The Bertz CT molecular complexity index is 1460. The van der Waals surface area contributed by atoms with Crippen molar-refractivity contribution in [3.63, 3.8) is 0 Å². The second-order valence-electron chi connectivity index (χ2n) is 12.1. The van der Waals surface area contributed by atoms with Crippen LogP contribution in [0.2, 0.25) is 0 Å². The summed E-state index contributed by atoms with van der Waals surface area (Å²) in [7, 11) is 0. The summed E-state index contributed by atoms with van der Waals surface area (Å²) in [6.07, 6.45) is 0.560. The fourth-order valence-corrected chi connectivity index (χ4v) is 5.11. The van der Waals surface area contributed by atoms with E-state index in [4.69, 9.17) is 10.6 Å². The first-order valence-electron chi connectivity index (χ1n) is 14.4. The largest absolute Gasteiger partial charge is 0.349 e. The minimum atomic E-state index is -1.04. The molecule has 0 radical (unpaired) electrons. The number of carbonyl (C=O) groups is 6. The zero-order chi connectivity index (χ0) is 31.6. The highest BCUT2D eigenvalue weighted by Crippen LogP contribution is 2.31. The van der Waals surface area contributed by atoms with E-state index >= 15 is 0 Å². The van der Waals surface area contributed by atoms with Gasteiger partial charge >= 0.3 is 5.97 Å². The number of nitrogens with zero attached hydrogens (tertiary/aromatic N) is 2. The van der Waals surface area contributed by atoms with E-state index in [1.165, 1.54) is 4.90 Å². The number of benzene rings is 2. The molecule has 0 saturated carbocycles. The normalized spacial score (nSPS) is 18.3. The number of piperidine rings is 1. The highest BCUT2D eigenvalue weighted by molar-refractivity contribution is 6.42. The molecular weight excluding hydrogens is 552 g/mol. The van der Waals surface area contributed by atoms with E-state index < -0.39 is 47.5 Å². The highest BCUT2D eigenvalue weighted by atomic mass is 16.7. The second-order valence-corrected chi connectivity index (χ2v) is 12.1. The van der Waals surface area contributed by atoms with Crippen molar-refractivity contribution in [2.24, 2.45) is 11.7 Å². The third-order valence-corrected chi connectivity index (χ3v) is 8.18. The number of hydrogen-bond acceptors (Lipinski definition) is 8. The molecule has 4 amide bonds. The van der Waals surface area contributed by atoms with Gasteiger partial charge in [-0.25, -0.2) is 4.79 Å². The minimum absolute atomic E-state index is 0.0106. The maximum Gasteiger partial charge on any atom is 0.349 e. The third-order valence-electron chi connectivity index (χ3n) is 8.18. The topological polar surface area (TPSA) is 156 Å². The summed E-state index contributed by atoms with van der Waals surface area (Å²) in [5.74, 6) is -4.51. The van der Waals surface area contributed by atoms with Crippen LogP contribution in [0.15, 0.2) is 42.5 Å². The van der Waals surface area contributed by atoms with Crippen molar-refractivity contribution in [2.75, 3.05) is 0 Å². The van der Waals surface area contributed by atoms with Gasteiger partial charge in [-0.3, -0.25) is 24.0 Å². The van der Waals surface area contributed by atoms with Gasteiger partial charge in [-0.2, -0.15) is 0 Å². The zero-order valence-corrected chi connectivity index (χ0v) is 25.1. The van der Waals surface area contributed by atoms with Gasteiger partial charge in [-0.1, -0.05) is 77.4 Å². The van der Waals surface area contributed by atoms with Crippen LogP contribution < -0.4 is 11.1 Å². The average molecular weight is 591 g/mol. The van der Waals surface area contributed by atoms with Gasteiger partial charge in [0, 0.05) is 30.6 Å². The van der Waals surface area contributed by atoms with Gasteiger partial charge in [0.1, 0.15) is 12.1 Å². The maximum atomic E-state index is 13.4. The van der Waals surface area contributed by atoms with Crippen molar-refractivity contribution in [1.82, 2.24) is 15.3 Å². The first-order valence-corrected chi connectivity index (χ1v) is 14.4. The Balaban J connectivity index is 1.44. The van der Waals surface area contributed by atoms with Gasteiger partial charge in [0.25, 0.3) is 23.6 Å². The third kappa shape index (κ3) is 6.51. The fourth-order valence-electron chi connectivity index (χ4n) is 5.11. The number of hydrogen-bond donors (Lipinski definition) is 2. The molecule has 0 spiro atoms. The van der Waals surface area contributed by atoms with E-state index in [9.17, 15) is 28.8 Å². The van der Waals surface area contributed by atoms with Crippen LogP contribution in [0, 0.1) is 5.92 Å². The van der Waals surface area contributed by atoms with Crippen molar-refractivity contribution in [1.29, 1.82) is 0 Å². The van der Waals surface area contributed by atoms with Gasteiger partial charge in [-0.05, 0) is 40.5 Å². The predicted octanol–water partition coefficient (Wildman–Crippen LogP) is 2.79. The lowest BCUT2D eigenvalue weighted by molar-refractivity contribution is -0.209. The number of ketones is 1. The van der Waals surface area contributed by atoms with Gasteiger partial charge < -0.3 is 20.8 Å². The van der Waals surface area contributed by atoms with Gasteiger partial charge in [-0.15, -0.1) is 5.06 Å². The molecule has 0 aromatic heterocycles. The van der Waals surface area contributed by atoms with E-state index in [2.05, 4.69) is 26.1 Å². The van der Waals surface area contributed by atoms with Crippen molar-refractivity contribution >= 4 is 35.4 Å². The van der Waals surface area contributed by atoms with Crippen molar-refractivity contribution < 1.29 is 33.6 Å². The first-order chi connectivity index (χ1) is 20.2. The lowest BCUT2D eigenvalue weighted by Crippen LogP contribution is -2.56. The molecule has 1 fully saturated rings. The maximum absolute atomic E-state index is 13.4. The lowest BCUT2D eigenvalue weighted by Gasteiger charge is -2.34. The second kappa shape index (κ2) is 12.5. The van der Waals surface area contributed by atoms with E-state index in [1.807, 2.05) is 19.1 Å². The number of rotatable bonds is 9. The Morgan fingerprint density at radius 3 is 2.37 bits per heavy atom. The van der Waals surface area contributed by atoms with Crippen LogP contribution in [0.1, 0.15) is 91.3 Å². The van der Waals surface area contributed by atoms with E-state index in [0.29, 0.717) is 28.2 Å². The molecule has 2 aromatic rings. The molecule has 2 aliphatic rings. The molecule has 3 N–H and O–H groups in total. The number of nitrogens with one attached hydrogen (secondary N) is 1. The quantitative estimate of drug-likeness (QED) is 0.257. The smallest absolute Gasteiger partial charge is 0.345 e. The summed E-state index contributed by atoms with van der Waals surface area (Å²) in [6, 6.07) is 9.86. The SMILES string of the molecule is CCC(C)C(N)C(=O)ON1C(=O)CCC(N2Cc3c(CNC(=O)C(=O)c4ccc(C(C)(C)C)cc4)cccc3C2=O)C1=O. The molecule has 0 bridgehead atoms. The standard InChI is InChI=1S/C32H38N4O7/c1-6-18(2)26(33)31(42)43-36-25(37)15-14-24(30(36)41)35-17-23-20(8-7-9-22(23)29(35)40)16-34-28(39)27(38)19-10-12-21(13-11-19)32(3,4)5/h7-13,18,24,26H,6,14-17,33H2,1-5H3,(H,34,39). The van der Waals surface area contributed by atoms with Crippen molar-refractivity contribution in [3.05, 3.63) is 70.3 Å². The number of fused-ring (bicyclic) bond motifs is 1. The molecule has 2 aromatic carbocycles. The Kier molecular flexibility index (Phi) is 9.15. The summed E-state index contributed by atoms with van der Waals surface area (Å²) < 4.78 is 0. The van der Waals surface area contributed by atoms with Gasteiger partial charge in [0.15, 0.2) is 0 Å². The lowest BCUT2D eigenvalue weighted by atomic mass is 9.86. The molecule has 1 saturated heterocycles. The molecule has 0 aliphatic carbocycles. The summed E-state index contributed by atoms with van der Waals surface area (Å²) in [4.78, 5) is 83.6. The van der Waals surface area contributed by atoms with Crippen LogP contribution in [-0.2, 0) is 42.5 Å². The van der Waals surface area contributed by atoms with E-state index in [-0.39, 0.29) is 42.8 Å². The minimum Gasteiger partial charge on any atom is -0.345 e. The molecular formula is C32H38N4O7. The highest BCUT2D eigenvalue weighted by Gasteiger charge is 2.45. The fraction of sp³-hybridized carbons (Fsp3) is 0.438. The molecule has 43 heavy (non-hydrogen) atoms. The number of amides is 4. The molecule has 228 valence electrons. The van der Waals surface area contributed by atoms with Crippen LogP contribution in [0.3, 0.4) is 0 Å². The Labute approximate surface area is 250 Å². The van der Waals surface area contributed by atoms with Crippen LogP contribution in [0.5, 0.6) is 0 Å². The molecule has 2 heterocycles. The van der Waals surface area contributed by atoms with Crippen LogP contribution in [0.4, 0.5) is 0 Å². The van der Waals surface area contributed by atoms with Crippen molar-refractivity contribution in [2.45, 2.75) is 84.5 Å². The molecule has 3 atom stereocenters.